The van der Waals surface area contributed by atoms with E-state index in [0.29, 0.717) is 21.6 Å². The van der Waals surface area contributed by atoms with Crippen molar-refractivity contribution in [1.82, 2.24) is 0 Å². The van der Waals surface area contributed by atoms with Gasteiger partial charge in [0.25, 0.3) is 10.0 Å². The average Bonchev–Trinajstić information content (AvgIpc) is 2.40. The zero-order valence-electron chi connectivity index (χ0n) is 10.9. The highest BCUT2D eigenvalue weighted by Crippen LogP contribution is 2.20. The smallest absolute Gasteiger partial charge is 0.261 e. The summed E-state index contributed by atoms with van der Waals surface area (Å²) in [6.45, 7) is 0. The lowest BCUT2D eigenvalue weighted by Gasteiger charge is -2.09. The summed E-state index contributed by atoms with van der Waals surface area (Å²) in [4.78, 5) is 0.599. The first-order chi connectivity index (χ1) is 9.87. The van der Waals surface area contributed by atoms with Crippen molar-refractivity contribution in [2.24, 2.45) is 5.73 Å². The molecule has 21 heavy (non-hydrogen) atoms. The zero-order valence-corrected chi connectivity index (χ0v) is 14.1. The minimum absolute atomic E-state index is 0.198. The molecule has 0 spiro atoms. The largest absolute Gasteiger partial charge is 0.393 e. The molecule has 3 N–H and O–H groups in total. The zero-order chi connectivity index (χ0) is 15.5. The van der Waals surface area contributed by atoms with Crippen molar-refractivity contribution in [2.75, 3.05) is 4.72 Å². The molecule has 4 nitrogen and oxygen atoms in total. The summed E-state index contributed by atoms with van der Waals surface area (Å²) in [5.41, 5.74) is 6.90. The summed E-state index contributed by atoms with van der Waals surface area (Å²) in [7, 11) is -3.60. The molecule has 0 saturated heterocycles. The Balaban J connectivity index is 2.19. The Bertz CT molecular complexity index is 759. The van der Waals surface area contributed by atoms with E-state index in [1.54, 1.807) is 42.5 Å². The summed E-state index contributed by atoms with van der Waals surface area (Å²) in [6.07, 6.45) is 0.494. The van der Waals surface area contributed by atoms with Crippen molar-refractivity contribution < 1.29 is 8.42 Å². The predicted octanol–water partition coefficient (Wildman–Crippen LogP) is 3.08. The van der Waals surface area contributed by atoms with Crippen LogP contribution in [0.2, 0.25) is 0 Å². The molecule has 0 aliphatic carbocycles. The molecule has 2 aromatic carbocycles. The van der Waals surface area contributed by atoms with Crippen LogP contribution >= 0.6 is 28.1 Å². The summed E-state index contributed by atoms with van der Waals surface area (Å²) in [5.74, 6) is 0. The number of rotatable bonds is 5. The summed E-state index contributed by atoms with van der Waals surface area (Å²) < 4.78 is 27.7. The molecular formula is C14H13BrN2O2S2. The van der Waals surface area contributed by atoms with Gasteiger partial charge in [0.15, 0.2) is 0 Å². The van der Waals surface area contributed by atoms with Gasteiger partial charge in [0.05, 0.1) is 9.88 Å². The minimum atomic E-state index is -3.60. The summed E-state index contributed by atoms with van der Waals surface area (Å²) >= 11 is 8.09. The maximum Gasteiger partial charge on any atom is 0.261 e. The third kappa shape index (κ3) is 4.52. The van der Waals surface area contributed by atoms with Crippen molar-refractivity contribution in [2.45, 2.75) is 11.3 Å². The van der Waals surface area contributed by atoms with Gasteiger partial charge in [-0.2, -0.15) is 0 Å². The van der Waals surface area contributed by atoms with E-state index >= 15 is 0 Å². The normalized spacial score (nSPS) is 11.1. The number of nitrogens with one attached hydrogen (secondary N) is 1. The van der Waals surface area contributed by atoms with Crippen LogP contribution in [-0.2, 0) is 16.4 Å². The van der Waals surface area contributed by atoms with Crippen LogP contribution in [0.3, 0.4) is 0 Å². The van der Waals surface area contributed by atoms with E-state index in [1.807, 2.05) is 0 Å². The highest BCUT2D eigenvalue weighted by Gasteiger charge is 2.14. The summed E-state index contributed by atoms with van der Waals surface area (Å²) in [5, 5.41) is 0. The minimum Gasteiger partial charge on any atom is -0.393 e. The second kappa shape index (κ2) is 6.55. The third-order valence-corrected chi connectivity index (χ3v) is 4.71. The molecule has 0 fully saturated rings. The Morgan fingerprint density at radius 3 is 2.43 bits per heavy atom. The van der Waals surface area contributed by atoms with E-state index in [1.165, 1.54) is 6.07 Å². The van der Waals surface area contributed by atoms with Crippen LogP contribution in [0.5, 0.6) is 0 Å². The number of halogens is 1. The fourth-order valence-electron chi connectivity index (χ4n) is 1.74. The molecule has 0 amide bonds. The highest BCUT2D eigenvalue weighted by atomic mass is 79.9. The average molecular weight is 385 g/mol. The molecule has 2 rings (SSSR count). The first-order valence-corrected chi connectivity index (χ1v) is 8.71. The van der Waals surface area contributed by atoms with Crippen molar-refractivity contribution in [3.63, 3.8) is 0 Å². The Hall–Kier alpha value is -1.44. The number of benzene rings is 2. The quantitative estimate of drug-likeness (QED) is 0.776. The lowest BCUT2D eigenvalue weighted by molar-refractivity contribution is 0.601. The van der Waals surface area contributed by atoms with Crippen LogP contribution in [0.15, 0.2) is 57.9 Å². The van der Waals surface area contributed by atoms with E-state index in [9.17, 15) is 8.42 Å². The number of anilines is 1. The monoisotopic (exact) mass is 384 g/mol. The molecule has 0 unspecified atom stereocenters. The second-order valence-electron chi connectivity index (χ2n) is 4.40. The van der Waals surface area contributed by atoms with Crippen LogP contribution in [-0.4, -0.2) is 13.4 Å². The fraction of sp³-hybridized carbons (Fsp3) is 0.0714. The van der Waals surface area contributed by atoms with Crippen molar-refractivity contribution in [3.8, 4) is 0 Å². The molecule has 110 valence electrons. The first-order valence-electron chi connectivity index (χ1n) is 6.02. The van der Waals surface area contributed by atoms with Crippen LogP contribution < -0.4 is 10.5 Å². The van der Waals surface area contributed by atoms with Gasteiger partial charge in [-0.1, -0.05) is 46.3 Å². The van der Waals surface area contributed by atoms with E-state index in [2.05, 4.69) is 20.7 Å². The van der Waals surface area contributed by atoms with E-state index in [4.69, 9.17) is 18.0 Å². The molecule has 0 saturated carbocycles. The number of sulfonamides is 1. The Kier molecular flexibility index (Phi) is 4.97. The molecule has 0 radical (unpaired) electrons. The van der Waals surface area contributed by atoms with Crippen LogP contribution in [0, 0.1) is 0 Å². The molecule has 0 heterocycles. The molecule has 0 bridgehead atoms. The van der Waals surface area contributed by atoms with Gasteiger partial charge in [0.2, 0.25) is 0 Å². The third-order valence-electron chi connectivity index (χ3n) is 2.69. The maximum absolute atomic E-state index is 12.2. The van der Waals surface area contributed by atoms with Crippen molar-refractivity contribution >= 4 is 48.8 Å². The lowest BCUT2D eigenvalue weighted by atomic mass is 10.1. The standard InChI is InChI=1S/C14H13BrN2O2S2/c15-11-2-1-3-13(9-11)21(18,19)17-12-6-4-10(5-7-12)8-14(16)20/h1-7,9,17H,8H2,(H2,16,20). The second-order valence-corrected chi connectivity index (χ2v) is 7.53. The maximum atomic E-state index is 12.2. The topological polar surface area (TPSA) is 72.2 Å². The molecule has 2 aromatic rings. The first kappa shape index (κ1) is 15.9. The fourth-order valence-corrected chi connectivity index (χ4v) is 3.56. The van der Waals surface area contributed by atoms with Gasteiger partial charge in [-0.25, -0.2) is 8.42 Å². The van der Waals surface area contributed by atoms with Crippen LogP contribution in [0.4, 0.5) is 5.69 Å². The van der Waals surface area contributed by atoms with Gasteiger partial charge >= 0.3 is 0 Å². The van der Waals surface area contributed by atoms with Gasteiger partial charge in [-0.15, -0.1) is 0 Å². The number of hydrogen-bond acceptors (Lipinski definition) is 3. The molecule has 0 atom stereocenters. The van der Waals surface area contributed by atoms with Crippen LogP contribution in [0.1, 0.15) is 5.56 Å². The van der Waals surface area contributed by atoms with Gasteiger partial charge in [-0.3, -0.25) is 4.72 Å². The number of hydrogen-bond donors (Lipinski definition) is 2. The van der Waals surface area contributed by atoms with Crippen LogP contribution in [0.25, 0.3) is 0 Å². The molecule has 0 aromatic heterocycles. The van der Waals surface area contributed by atoms with E-state index in [0.717, 1.165) is 5.56 Å². The van der Waals surface area contributed by atoms with Crippen molar-refractivity contribution in [3.05, 3.63) is 58.6 Å². The van der Waals surface area contributed by atoms with Gasteiger partial charge in [-0.05, 0) is 35.9 Å². The Morgan fingerprint density at radius 1 is 1.19 bits per heavy atom. The SMILES string of the molecule is NC(=S)Cc1ccc(NS(=O)(=O)c2cccc(Br)c2)cc1. The molecular weight excluding hydrogens is 372 g/mol. The van der Waals surface area contributed by atoms with Gasteiger partial charge in [0.1, 0.15) is 0 Å². The number of nitrogens with two attached hydrogens (primary N) is 1. The van der Waals surface area contributed by atoms with Crippen molar-refractivity contribution in [1.29, 1.82) is 0 Å². The summed E-state index contributed by atoms with van der Waals surface area (Å²) in [6, 6.07) is 13.5. The van der Waals surface area contributed by atoms with Gasteiger partial charge < -0.3 is 5.73 Å². The molecule has 0 aliphatic heterocycles. The lowest BCUT2D eigenvalue weighted by Crippen LogP contribution is -2.13. The van der Waals surface area contributed by atoms with E-state index < -0.39 is 10.0 Å². The van der Waals surface area contributed by atoms with E-state index in [-0.39, 0.29) is 4.90 Å². The number of thiocarbonyl (C=S) groups is 1. The molecule has 7 heteroatoms. The molecule has 0 aliphatic rings. The Morgan fingerprint density at radius 2 is 1.86 bits per heavy atom. The van der Waals surface area contributed by atoms with Gasteiger partial charge in [0, 0.05) is 16.6 Å². The Labute approximate surface area is 137 Å². The predicted molar refractivity (Wildman–Crippen MR) is 91.9 cm³/mol. The highest BCUT2D eigenvalue weighted by molar-refractivity contribution is 9.10.